The number of hydrogen-bond donors (Lipinski definition) is 2. The van der Waals surface area contributed by atoms with Gasteiger partial charge in [0, 0.05) is 23.0 Å². The maximum atomic E-state index is 6.07. The van der Waals surface area contributed by atoms with Crippen LogP contribution in [0, 0.1) is 0 Å². The summed E-state index contributed by atoms with van der Waals surface area (Å²) in [5.74, 6) is 0.423. The zero-order chi connectivity index (χ0) is 15.1. The normalized spacial score (nSPS) is 17.0. The Labute approximate surface area is 126 Å². The van der Waals surface area contributed by atoms with Gasteiger partial charge in [0.1, 0.15) is 17.9 Å². The highest BCUT2D eigenvalue weighted by Crippen LogP contribution is 2.37. The summed E-state index contributed by atoms with van der Waals surface area (Å²) in [5.41, 5.74) is 16.2. The lowest BCUT2D eigenvalue weighted by Gasteiger charge is -2.11. The Morgan fingerprint density at radius 3 is 2.73 bits per heavy atom. The Morgan fingerprint density at radius 1 is 1.18 bits per heavy atom. The quantitative estimate of drug-likeness (QED) is 0.699. The molecule has 2 aromatic heterocycles. The highest BCUT2D eigenvalue weighted by atomic mass is 16.5. The van der Waals surface area contributed by atoms with Crippen molar-refractivity contribution in [3.8, 4) is 11.1 Å². The number of rotatable bonds is 2. The Bertz CT molecular complexity index is 860. The number of anilines is 2. The van der Waals surface area contributed by atoms with Crippen molar-refractivity contribution in [2.45, 2.75) is 6.10 Å². The average molecular weight is 294 g/mol. The number of fused-ring (bicyclic) bond motifs is 1. The number of benzene rings is 1. The Balaban J connectivity index is 2.00. The van der Waals surface area contributed by atoms with E-state index >= 15 is 0 Å². The second-order valence-electron chi connectivity index (χ2n) is 5.12. The SMILES string of the molecule is Nc1ccc(-c2c(C3CN=CO3)cn3ncnc(N)c23)cc1. The molecule has 0 bridgehead atoms. The molecule has 22 heavy (non-hydrogen) atoms. The number of aliphatic imine (C=N–C) groups is 1. The van der Waals surface area contributed by atoms with Crippen molar-refractivity contribution in [2.24, 2.45) is 4.99 Å². The van der Waals surface area contributed by atoms with Crippen LogP contribution in [0.1, 0.15) is 11.7 Å². The van der Waals surface area contributed by atoms with Crippen molar-refractivity contribution in [2.75, 3.05) is 18.0 Å². The molecule has 0 radical (unpaired) electrons. The molecule has 4 rings (SSSR count). The molecule has 3 aromatic rings. The van der Waals surface area contributed by atoms with Crippen molar-refractivity contribution in [1.82, 2.24) is 14.6 Å². The van der Waals surface area contributed by atoms with Crippen LogP contribution >= 0.6 is 0 Å². The maximum absolute atomic E-state index is 6.07. The Hall–Kier alpha value is -3.09. The number of nitrogens with two attached hydrogens (primary N) is 2. The summed E-state index contributed by atoms with van der Waals surface area (Å²) in [4.78, 5) is 8.24. The van der Waals surface area contributed by atoms with Crippen LogP contribution in [0.2, 0.25) is 0 Å². The predicted octanol–water partition coefficient (Wildman–Crippen LogP) is 1.66. The first kappa shape index (κ1) is 12.6. The van der Waals surface area contributed by atoms with E-state index in [9.17, 15) is 0 Å². The van der Waals surface area contributed by atoms with E-state index in [2.05, 4.69) is 15.1 Å². The average Bonchev–Trinajstić information content (AvgIpc) is 3.15. The molecule has 1 aliphatic heterocycles. The molecule has 1 aromatic carbocycles. The van der Waals surface area contributed by atoms with E-state index in [1.54, 1.807) is 4.52 Å². The van der Waals surface area contributed by atoms with Gasteiger partial charge in [0.25, 0.3) is 0 Å². The van der Waals surface area contributed by atoms with Crippen molar-refractivity contribution in [1.29, 1.82) is 0 Å². The summed E-state index contributed by atoms with van der Waals surface area (Å²) in [6.45, 7) is 0.576. The smallest absolute Gasteiger partial charge is 0.170 e. The zero-order valence-electron chi connectivity index (χ0n) is 11.7. The predicted molar refractivity (Wildman–Crippen MR) is 84.4 cm³/mol. The summed E-state index contributed by atoms with van der Waals surface area (Å²) in [7, 11) is 0. The highest BCUT2D eigenvalue weighted by molar-refractivity contribution is 5.90. The standard InChI is InChI=1S/C15H14N6O/c16-10-3-1-9(2-4-10)13-11(12-5-18-8-22-12)6-21-14(13)15(17)19-7-20-21/h1-4,6-8,12H,5,16H2,(H2,17,19,20). The summed E-state index contributed by atoms with van der Waals surface area (Å²) < 4.78 is 7.30. The lowest BCUT2D eigenvalue weighted by atomic mass is 9.99. The summed E-state index contributed by atoms with van der Waals surface area (Å²) >= 11 is 0. The van der Waals surface area contributed by atoms with Crippen LogP contribution in [-0.2, 0) is 4.74 Å². The molecule has 110 valence electrons. The first-order chi connectivity index (χ1) is 10.7. The van der Waals surface area contributed by atoms with Gasteiger partial charge in [0.05, 0.1) is 6.54 Å². The monoisotopic (exact) mass is 294 g/mol. The molecule has 7 nitrogen and oxygen atoms in total. The fourth-order valence-corrected chi connectivity index (χ4v) is 2.72. The number of hydrogen-bond acceptors (Lipinski definition) is 6. The molecular formula is C15H14N6O. The van der Waals surface area contributed by atoms with Gasteiger partial charge in [-0.3, -0.25) is 4.99 Å². The van der Waals surface area contributed by atoms with Crippen molar-refractivity contribution in [3.05, 3.63) is 42.4 Å². The molecule has 1 atom stereocenters. The number of ether oxygens (including phenoxy) is 1. The number of nitrogens with zero attached hydrogens (tertiary/aromatic N) is 4. The lowest BCUT2D eigenvalue weighted by Crippen LogP contribution is -2.01. The fraction of sp³-hybridized carbons (Fsp3) is 0.133. The van der Waals surface area contributed by atoms with Crippen LogP contribution in [0.5, 0.6) is 0 Å². The Kier molecular flexibility index (Phi) is 2.72. The van der Waals surface area contributed by atoms with Gasteiger partial charge in [0.2, 0.25) is 0 Å². The first-order valence-electron chi connectivity index (χ1n) is 6.85. The highest BCUT2D eigenvalue weighted by Gasteiger charge is 2.25. The molecule has 0 aliphatic carbocycles. The molecule has 1 aliphatic rings. The van der Waals surface area contributed by atoms with E-state index in [1.165, 1.54) is 12.7 Å². The third-order valence-corrected chi connectivity index (χ3v) is 3.75. The Morgan fingerprint density at radius 2 is 2.00 bits per heavy atom. The molecule has 0 amide bonds. The molecular weight excluding hydrogens is 280 g/mol. The third-order valence-electron chi connectivity index (χ3n) is 3.75. The molecule has 1 unspecified atom stereocenters. The van der Waals surface area contributed by atoms with E-state index in [0.29, 0.717) is 18.1 Å². The van der Waals surface area contributed by atoms with Crippen molar-refractivity contribution in [3.63, 3.8) is 0 Å². The molecule has 7 heteroatoms. The van der Waals surface area contributed by atoms with Gasteiger partial charge >= 0.3 is 0 Å². The van der Waals surface area contributed by atoms with Gasteiger partial charge in [0.15, 0.2) is 12.2 Å². The fourth-order valence-electron chi connectivity index (χ4n) is 2.72. The third kappa shape index (κ3) is 1.86. The van der Waals surface area contributed by atoms with Crippen LogP contribution < -0.4 is 11.5 Å². The maximum Gasteiger partial charge on any atom is 0.170 e. The van der Waals surface area contributed by atoms with Gasteiger partial charge in [-0.1, -0.05) is 12.1 Å². The van der Waals surface area contributed by atoms with Crippen molar-refractivity contribution < 1.29 is 4.74 Å². The van der Waals surface area contributed by atoms with E-state index in [0.717, 1.165) is 22.2 Å². The van der Waals surface area contributed by atoms with Crippen LogP contribution in [0.25, 0.3) is 16.6 Å². The molecule has 0 saturated carbocycles. The molecule has 0 fully saturated rings. The van der Waals surface area contributed by atoms with E-state index < -0.39 is 0 Å². The molecule has 3 heterocycles. The largest absolute Gasteiger partial charge is 0.474 e. The lowest BCUT2D eigenvalue weighted by molar-refractivity contribution is 0.240. The summed E-state index contributed by atoms with van der Waals surface area (Å²) in [6.07, 6.45) is 4.69. The van der Waals surface area contributed by atoms with Crippen LogP contribution in [0.4, 0.5) is 11.5 Å². The minimum Gasteiger partial charge on any atom is -0.474 e. The summed E-state index contributed by atoms with van der Waals surface area (Å²) in [5, 5.41) is 4.24. The summed E-state index contributed by atoms with van der Waals surface area (Å²) in [6, 6.07) is 7.62. The zero-order valence-corrected chi connectivity index (χ0v) is 11.7. The van der Waals surface area contributed by atoms with Gasteiger partial charge < -0.3 is 16.2 Å². The van der Waals surface area contributed by atoms with Gasteiger partial charge in [-0.05, 0) is 17.7 Å². The number of nitrogen functional groups attached to an aromatic ring is 2. The molecule has 0 spiro atoms. The second-order valence-corrected chi connectivity index (χ2v) is 5.12. The van der Waals surface area contributed by atoms with E-state index in [4.69, 9.17) is 16.2 Å². The van der Waals surface area contributed by atoms with E-state index in [-0.39, 0.29) is 6.10 Å². The van der Waals surface area contributed by atoms with Gasteiger partial charge in [-0.15, -0.1) is 0 Å². The second kappa shape index (κ2) is 4.73. The minimum atomic E-state index is -0.145. The topological polar surface area (TPSA) is 104 Å². The van der Waals surface area contributed by atoms with Gasteiger partial charge in [-0.25, -0.2) is 9.50 Å². The van der Waals surface area contributed by atoms with Crippen LogP contribution in [-0.4, -0.2) is 27.5 Å². The van der Waals surface area contributed by atoms with Crippen LogP contribution in [0.15, 0.2) is 41.8 Å². The molecule has 0 saturated heterocycles. The minimum absolute atomic E-state index is 0.145. The van der Waals surface area contributed by atoms with Crippen molar-refractivity contribution >= 4 is 23.4 Å². The van der Waals surface area contributed by atoms with Gasteiger partial charge in [-0.2, -0.15) is 5.10 Å². The van der Waals surface area contributed by atoms with Crippen LogP contribution in [0.3, 0.4) is 0 Å². The molecule has 4 N–H and O–H groups in total. The number of aromatic nitrogens is 3. The van der Waals surface area contributed by atoms with E-state index in [1.807, 2.05) is 30.5 Å². The first-order valence-corrected chi connectivity index (χ1v) is 6.85.